The fourth-order valence-electron chi connectivity index (χ4n) is 1.67. The van der Waals surface area contributed by atoms with Gasteiger partial charge in [0.05, 0.1) is 0 Å². The van der Waals surface area contributed by atoms with E-state index in [4.69, 9.17) is 0 Å². The van der Waals surface area contributed by atoms with Gasteiger partial charge in [0.1, 0.15) is 5.78 Å². The second kappa shape index (κ2) is 9.22. The van der Waals surface area contributed by atoms with Crippen molar-refractivity contribution in [2.45, 2.75) is 45.6 Å². The molecule has 0 radical (unpaired) electrons. The molecule has 2 nitrogen and oxygen atoms in total. The minimum atomic E-state index is 0.314. The van der Waals surface area contributed by atoms with E-state index in [1.807, 2.05) is 11.8 Å². The molecule has 0 N–H and O–H groups in total. The van der Waals surface area contributed by atoms with Gasteiger partial charge >= 0.3 is 0 Å². The van der Waals surface area contributed by atoms with Crippen LogP contribution in [0.2, 0.25) is 0 Å². The second-order valence-corrected chi connectivity index (χ2v) is 5.07. The molecule has 90 valence electrons. The fourth-order valence-corrected chi connectivity index (χ4v) is 2.54. The molecule has 0 amide bonds. The lowest BCUT2D eigenvalue weighted by molar-refractivity contribution is -0.117. The van der Waals surface area contributed by atoms with Crippen LogP contribution in [0, 0.1) is 0 Å². The molecule has 0 saturated heterocycles. The molecule has 0 heterocycles. The van der Waals surface area contributed by atoms with E-state index < -0.39 is 0 Å². The summed E-state index contributed by atoms with van der Waals surface area (Å²) in [7, 11) is 2.19. The summed E-state index contributed by atoms with van der Waals surface area (Å²) < 4.78 is 0. The molecule has 0 aromatic carbocycles. The first kappa shape index (κ1) is 15.0. The van der Waals surface area contributed by atoms with Crippen molar-refractivity contribution in [3.05, 3.63) is 0 Å². The molecule has 0 spiro atoms. The van der Waals surface area contributed by atoms with Crippen molar-refractivity contribution in [2.75, 3.05) is 25.6 Å². The van der Waals surface area contributed by atoms with Gasteiger partial charge in [-0.3, -0.25) is 0 Å². The molecular formula is C12H25NOS. The maximum atomic E-state index is 10.8. The van der Waals surface area contributed by atoms with Crippen molar-refractivity contribution in [2.24, 2.45) is 0 Å². The molecule has 15 heavy (non-hydrogen) atoms. The van der Waals surface area contributed by atoms with Gasteiger partial charge in [-0.2, -0.15) is 11.8 Å². The normalized spacial score (nSPS) is 13.1. The maximum absolute atomic E-state index is 10.8. The van der Waals surface area contributed by atoms with E-state index in [0.717, 1.165) is 25.8 Å². The van der Waals surface area contributed by atoms with Gasteiger partial charge in [-0.15, -0.1) is 0 Å². The van der Waals surface area contributed by atoms with Gasteiger partial charge in [-0.05, 0) is 46.0 Å². The smallest absolute Gasteiger partial charge is 0.129 e. The molecule has 0 saturated carbocycles. The topological polar surface area (TPSA) is 20.3 Å². The van der Waals surface area contributed by atoms with Crippen molar-refractivity contribution in [1.29, 1.82) is 0 Å². The Morgan fingerprint density at radius 2 is 2.07 bits per heavy atom. The number of hydrogen-bond acceptors (Lipinski definition) is 3. The third-order valence-corrected chi connectivity index (χ3v) is 3.46. The Bertz CT molecular complexity index is 173. The van der Waals surface area contributed by atoms with Gasteiger partial charge < -0.3 is 9.69 Å². The van der Waals surface area contributed by atoms with Crippen LogP contribution in [0.15, 0.2) is 0 Å². The minimum absolute atomic E-state index is 0.314. The second-order valence-electron chi connectivity index (χ2n) is 4.16. The largest absolute Gasteiger partial charge is 0.303 e. The zero-order chi connectivity index (χ0) is 11.7. The van der Waals surface area contributed by atoms with Crippen LogP contribution in [-0.2, 0) is 4.79 Å². The molecule has 0 aromatic rings. The summed E-state index contributed by atoms with van der Waals surface area (Å²) in [6, 6.07) is 0.692. The van der Waals surface area contributed by atoms with Crippen LogP contribution >= 0.6 is 11.8 Å². The molecule has 0 aliphatic rings. The molecule has 0 aliphatic carbocycles. The SMILES string of the molecule is CCC(CSC)N(C)CCCCC(C)=O. The predicted octanol–water partition coefficient (Wildman–Crippen LogP) is 2.82. The van der Waals surface area contributed by atoms with Crippen LogP contribution in [0.25, 0.3) is 0 Å². The van der Waals surface area contributed by atoms with Crippen LogP contribution < -0.4 is 0 Å². The summed E-state index contributed by atoms with van der Waals surface area (Å²) >= 11 is 1.91. The van der Waals surface area contributed by atoms with Crippen LogP contribution in [0.5, 0.6) is 0 Å². The van der Waals surface area contributed by atoms with E-state index in [-0.39, 0.29) is 0 Å². The molecule has 0 rings (SSSR count). The summed E-state index contributed by atoms with van der Waals surface area (Å²) in [5.41, 5.74) is 0. The van der Waals surface area contributed by atoms with Crippen molar-refractivity contribution in [3.63, 3.8) is 0 Å². The number of carbonyl (C=O) groups is 1. The maximum Gasteiger partial charge on any atom is 0.129 e. The van der Waals surface area contributed by atoms with E-state index >= 15 is 0 Å². The summed E-state index contributed by atoms with van der Waals surface area (Å²) in [4.78, 5) is 13.2. The zero-order valence-corrected chi connectivity index (χ0v) is 11.4. The first-order valence-electron chi connectivity index (χ1n) is 5.80. The van der Waals surface area contributed by atoms with E-state index in [9.17, 15) is 4.79 Å². The first-order chi connectivity index (χ1) is 7.11. The number of thioether (sulfide) groups is 1. The Kier molecular flexibility index (Phi) is 9.21. The molecule has 0 bridgehead atoms. The van der Waals surface area contributed by atoms with Gasteiger partial charge in [0, 0.05) is 18.2 Å². The Morgan fingerprint density at radius 3 is 2.53 bits per heavy atom. The van der Waals surface area contributed by atoms with Gasteiger partial charge in [0.15, 0.2) is 0 Å². The van der Waals surface area contributed by atoms with Gasteiger partial charge in [-0.1, -0.05) is 6.92 Å². The molecule has 0 aromatic heterocycles. The van der Waals surface area contributed by atoms with Gasteiger partial charge in [-0.25, -0.2) is 0 Å². The van der Waals surface area contributed by atoms with Gasteiger partial charge in [0.25, 0.3) is 0 Å². The monoisotopic (exact) mass is 231 g/mol. The van der Waals surface area contributed by atoms with Gasteiger partial charge in [0.2, 0.25) is 0 Å². The Hall–Kier alpha value is -0.0200. The van der Waals surface area contributed by atoms with Crippen molar-refractivity contribution >= 4 is 17.5 Å². The zero-order valence-electron chi connectivity index (χ0n) is 10.6. The van der Waals surface area contributed by atoms with Crippen LogP contribution in [0.4, 0.5) is 0 Å². The number of unbranched alkanes of at least 4 members (excludes halogenated alkanes) is 1. The Morgan fingerprint density at radius 1 is 1.40 bits per heavy atom. The minimum Gasteiger partial charge on any atom is -0.303 e. The molecule has 3 heteroatoms. The summed E-state index contributed by atoms with van der Waals surface area (Å²) in [5, 5.41) is 0. The number of rotatable bonds is 9. The number of carbonyl (C=O) groups excluding carboxylic acids is 1. The van der Waals surface area contributed by atoms with Crippen LogP contribution in [0.1, 0.15) is 39.5 Å². The van der Waals surface area contributed by atoms with E-state index in [0.29, 0.717) is 11.8 Å². The van der Waals surface area contributed by atoms with Crippen molar-refractivity contribution in [1.82, 2.24) is 4.90 Å². The van der Waals surface area contributed by atoms with Crippen molar-refractivity contribution < 1.29 is 4.79 Å². The molecule has 0 aliphatic heterocycles. The Labute approximate surface area is 98.8 Å². The van der Waals surface area contributed by atoms with Crippen LogP contribution in [-0.4, -0.2) is 42.3 Å². The highest BCUT2D eigenvalue weighted by Gasteiger charge is 2.10. The van der Waals surface area contributed by atoms with E-state index in [2.05, 4.69) is 25.1 Å². The lowest BCUT2D eigenvalue weighted by atomic mass is 10.1. The molecular weight excluding hydrogens is 206 g/mol. The fraction of sp³-hybridized carbons (Fsp3) is 0.917. The first-order valence-corrected chi connectivity index (χ1v) is 7.19. The number of ketones is 1. The number of nitrogens with zero attached hydrogens (tertiary/aromatic N) is 1. The molecule has 0 fully saturated rings. The quantitative estimate of drug-likeness (QED) is 0.569. The Balaban J connectivity index is 3.61. The predicted molar refractivity (Wildman–Crippen MR) is 69.6 cm³/mol. The molecule has 1 unspecified atom stereocenters. The third-order valence-electron chi connectivity index (χ3n) is 2.74. The average Bonchev–Trinajstić information content (AvgIpc) is 2.20. The van der Waals surface area contributed by atoms with E-state index in [1.165, 1.54) is 12.2 Å². The van der Waals surface area contributed by atoms with Crippen molar-refractivity contribution in [3.8, 4) is 0 Å². The standard InChI is InChI=1S/C12H25NOS/c1-5-12(10-15-4)13(3)9-7-6-8-11(2)14/h12H,5-10H2,1-4H3. The summed E-state index contributed by atoms with van der Waals surface area (Å²) in [5.74, 6) is 1.52. The lowest BCUT2D eigenvalue weighted by Gasteiger charge is -2.26. The highest BCUT2D eigenvalue weighted by Crippen LogP contribution is 2.09. The number of Topliss-reactive ketones (excluding diaryl/α,β-unsaturated/α-hetero) is 1. The highest BCUT2D eigenvalue weighted by molar-refractivity contribution is 7.98. The molecule has 1 atom stereocenters. The highest BCUT2D eigenvalue weighted by atomic mass is 32.2. The summed E-state index contributed by atoms with van der Waals surface area (Å²) in [6.45, 7) is 5.03. The van der Waals surface area contributed by atoms with E-state index in [1.54, 1.807) is 6.92 Å². The average molecular weight is 231 g/mol. The number of hydrogen-bond donors (Lipinski definition) is 0. The van der Waals surface area contributed by atoms with Crippen LogP contribution in [0.3, 0.4) is 0 Å². The summed E-state index contributed by atoms with van der Waals surface area (Å²) in [6.07, 6.45) is 6.29. The third kappa shape index (κ3) is 7.86. The lowest BCUT2D eigenvalue weighted by Crippen LogP contribution is -2.33.